The van der Waals surface area contributed by atoms with Crippen molar-refractivity contribution in [3.8, 4) is 0 Å². The summed E-state index contributed by atoms with van der Waals surface area (Å²) in [5, 5.41) is 0. The molecule has 2 aromatic carbocycles. The third-order valence-electron chi connectivity index (χ3n) is 2.95. The molecular formula is C15H8F3NO2. The van der Waals surface area contributed by atoms with Gasteiger partial charge in [-0.3, -0.25) is 4.79 Å². The molecule has 3 nitrogen and oxygen atoms in total. The van der Waals surface area contributed by atoms with Crippen molar-refractivity contribution < 1.29 is 22.4 Å². The minimum atomic E-state index is -3.92. The normalized spacial score (nSPS) is 11.8. The second-order valence-electron chi connectivity index (χ2n) is 4.40. The molecule has 0 amide bonds. The number of Topliss-reactive ketones (excluding diaryl/α,β-unsaturated/α-hetero) is 1. The zero-order valence-corrected chi connectivity index (χ0v) is 10.5. The summed E-state index contributed by atoms with van der Waals surface area (Å²) in [6, 6.07) is 10.1. The minimum Gasteiger partial charge on any atom is -0.435 e. The summed E-state index contributed by atoms with van der Waals surface area (Å²) in [5.74, 6) is -7.00. The predicted molar refractivity (Wildman–Crippen MR) is 68.6 cm³/mol. The van der Waals surface area contributed by atoms with E-state index in [9.17, 15) is 18.0 Å². The number of fused-ring (bicyclic) bond motifs is 1. The van der Waals surface area contributed by atoms with E-state index in [1.807, 2.05) is 0 Å². The van der Waals surface area contributed by atoms with E-state index in [1.165, 1.54) is 12.1 Å². The number of benzene rings is 2. The first-order valence-corrected chi connectivity index (χ1v) is 6.03. The number of hydrogen-bond donors (Lipinski definition) is 0. The Morgan fingerprint density at radius 1 is 1.05 bits per heavy atom. The van der Waals surface area contributed by atoms with Crippen molar-refractivity contribution in [3.05, 3.63) is 65.8 Å². The molecule has 0 aliphatic rings. The summed E-state index contributed by atoms with van der Waals surface area (Å²) >= 11 is 0. The molecular weight excluding hydrogens is 283 g/mol. The molecule has 0 spiro atoms. The van der Waals surface area contributed by atoms with Crippen LogP contribution in [0.4, 0.5) is 13.2 Å². The molecule has 1 aromatic heterocycles. The molecule has 0 saturated carbocycles. The van der Waals surface area contributed by atoms with E-state index in [0.29, 0.717) is 0 Å². The number of nitrogens with zero attached hydrogens (tertiary/aromatic N) is 1. The Kier molecular flexibility index (Phi) is 3.01. The molecule has 0 saturated heterocycles. The van der Waals surface area contributed by atoms with Crippen LogP contribution in [0.2, 0.25) is 0 Å². The number of carbonyl (C=O) groups is 1. The fourth-order valence-corrected chi connectivity index (χ4v) is 1.89. The number of ketones is 1. The number of para-hydroxylation sites is 2. The van der Waals surface area contributed by atoms with Gasteiger partial charge in [0.1, 0.15) is 11.3 Å². The van der Waals surface area contributed by atoms with Crippen molar-refractivity contribution in [2.24, 2.45) is 0 Å². The highest BCUT2D eigenvalue weighted by atomic mass is 19.3. The second kappa shape index (κ2) is 4.73. The fraction of sp³-hybridized carbons (Fsp3) is 0.0667. The van der Waals surface area contributed by atoms with Gasteiger partial charge in [0, 0.05) is 5.56 Å². The molecule has 106 valence electrons. The van der Waals surface area contributed by atoms with Crippen LogP contribution in [0.3, 0.4) is 0 Å². The van der Waals surface area contributed by atoms with Crippen molar-refractivity contribution >= 4 is 16.9 Å². The monoisotopic (exact) mass is 291 g/mol. The molecule has 0 aliphatic carbocycles. The van der Waals surface area contributed by atoms with Crippen LogP contribution < -0.4 is 0 Å². The SMILES string of the molecule is O=C(c1ccc(F)cc1)C(F)(F)c1nc2ccccc2o1. The smallest absolute Gasteiger partial charge is 0.383 e. The first kappa shape index (κ1) is 13.4. The summed E-state index contributed by atoms with van der Waals surface area (Å²) in [6.45, 7) is 0. The Bertz CT molecular complexity index is 776. The number of halogens is 3. The first-order valence-electron chi connectivity index (χ1n) is 6.03. The van der Waals surface area contributed by atoms with E-state index >= 15 is 0 Å². The van der Waals surface area contributed by atoms with Crippen LogP contribution in [0.25, 0.3) is 11.1 Å². The van der Waals surface area contributed by atoms with Crippen LogP contribution in [0, 0.1) is 5.82 Å². The van der Waals surface area contributed by atoms with E-state index in [2.05, 4.69) is 4.98 Å². The van der Waals surface area contributed by atoms with Gasteiger partial charge < -0.3 is 4.42 Å². The van der Waals surface area contributed by atoms with Gasteiger partial charge in [-0.2, -0.15) is 8.78 Å². The van der Waals surface area contributed by atoms with Gasteiger partial charge in [-0.25, -0.2) is 9.37 Å². The third-order valence-corrected chi connectivity index (χ3v) is 2.95. The lowest BCUT2D eigenvalue weighted by Gasteiger charge is -2.10. The maximum atomic E-state index is 14.2. The van der Waals surface area contributed by atoms with Gasteiger partial charge in [-0.15, -0.1) is 0 Å². The summed E-state index contributed by atoms with van der Waals surface area (Å²) in [4.78, 5) is 15.5. The van der Waals surface area contributed by atoms with Crippen LogP contribution in [0.15, 0.2) is 52.9 Å². The number of oxazole rings is 1. The van der Waals surface area contributed by atoms with E-state index in [0.717, 1.165) is 24.3 Å². The predicted octanol–water partition coefficient (Wildman–Crippen LogP) is 3.94. The van der Waals surface area contributed by atoms with Crippen molar-refractivity contribution in [1.82, 2.24) is 4.98 Å². The van der Waals surface area contributed by atoms with Gasteiger partial charge in [0.05, 0.1) is 0 Å². The van der Waals surface area contributed by atoms with Gasteiger partial charge in [-0.1, -0.05) is 12.1 Å². The van der Waals surface area contributed by atoms with E-state index < -0.39 is 23.4 Å². The minimum absolute atomic E-state index is 0.166. The highest BCUT2D eigenvalue weighted by Gasteiger charge is 2.46. The Labute approximate surface area is 117 Å². The zero-order chi connectivity index (χ0) is 15.0. The lowest BCUT2D eigenvalue weighted by molar-refractivity contribution is -0.00923. The lowest BCUT2D eigenvalue weighted by atomic mass is 10.1. The highest BCUT2D eigenvalue weighted by molar-refractivity contribution is 6.01. The number of hydrogen-bond acceptors (Lipinski definition) is 3. The Morgan fingerprint density at radius 3 is 2.38 bits per heavy atom. The Morgan fingerprint density at radius 2 is 1.71 bits per heavy atom. The highest BCUT2D eigenvalue weighted by Crippen LogP contribution is 2.33. The number of carbonyl (C=O) groups excluding carboxylic acids is 1. The van der Waals surface area contributed by atoms with Crippen molar-refractivity contribution in [3.63, 3.8) is 0 Å². The van der Waals surface area contributed by atoms with Gasteiger partial charge in [-0.05, 0) is 36.4 Å². The average Bonchev–Trinajstić information content (AvgIpc) is 2.92. The molecule has 3 aromatic rings. The molecule has 21 heavy (non-hydrogen) atoms. The van der Waals surface area contributed by atoms with Gasteiger partial charge in [0.2, 0.25) is 5.78 Å². The molecule has 0 unspecified atom stereocenters. The Balaban J connectivity index is 2.02. The van der Waals surface area contributed by atoms with E-state index in [1.54, 1.807) is 12.1 Å². The molecule has 0 radical (unpaired) electrons. The van der Waals surface area contributed by atoms with Gasteiger partial charge in [0.25, 0.3) is 5.89 Å². The summed E-state index contributed by atoms with van der Waals surface area (Å²) in [7, 11) is 0. The van der Waals surface area contributed by atoms with Crippen LogP contribution in [-0.4, -0.2) is 10.8 Å². The lowest BCUT2D eigenvalue weighted by Crippen LogP contribution is -2.26. The number of rotatable bonds is 3. The van der Waals surface area contributed by atoms with Crippen LogP contribution in [-0.2, 0) is 5.92 Å². The molecule has 0 bridgehead atoms. The van der Waals surface area contributed by atoms with Crippen molar-refractivity contribution in [1.29, 1.82) is 0 Å². The van der Waals surface area contributed by atoms with Crippen LogP contribution >= 0.6 is 0 Å². The summed E-state index contributed by atoms with van der Waals surface area (Å²) < 4.78 is 46.1. The average molecular weight is 291 g/mol. The maximum Gasteiger partial charge on any atom is 0.383 e. The molecule has 0 N–H and O–H groups in total. The molecule has 1 heterocycles. The molecule has 3 rings (SSSR count). The van der Waals surface area contributed by atoms with E-state index in [-0.39, 0.29) is 16.7 Å². The second-order valence-corrected chi connectivity index (χ2v) is 4.40. The third kappa shape index (κ3) is 2.29. The number of alkyl halides is 2. The van der Waals surface area contributed by atoms with Gasteiger partial charge in [0.15, 0.2) is 5.58 Å². The maximum absolute atomic E-state index is 14.2. The van der Waals surface area contributed by atoms with Crippen LogP contribution in [0.5, 0.6) is 0 Å². The van der Waals surface area contributed by atoms with Gasteiger partial charge >= 0.3 is 5.92 Å². The topological polar surface area (TPSA) is 43.1 Å². The molecule has 6 heteroatoms. The Hall–Kier alpha value is -2.63. The fourth-order valence-electron chi connectivity index (χ4n) is 1.89. The molecule has 0 aliphatic heterocycles. The largest absolute Gasteiger partial charge is 0.435 e. The first-order chi connectivity index (χ1) is 9.98. The summed E-state index contributed by atoms with van der Waals surface area (Å²) in [6.07, 6.45) is 0. The molecule has 0 fully saturated rings. The van der Waals surface area contributed by atoms with Crippen LogP contribution in [0.1, 0.15) is 16.2 Å². The zero-order valence-electron chi connectivity index (χ0n) is 10.5. The summed E-state index contributed by atoms with van der Waals surface area (Å²) in [5.41, 5.74) is 0.0850. The van der Waals surface area contributed by atoms with Crippen molar-refractivity contribution in [2.45, 2.75) is 5.92 Å². The van der Waals surface area contributed by atoms with E-state index in [4.69, 9.17) is 4.42 Å². The van der Waals surface area contributed by atoms with Crippen molar-refractivity contribution in [2.75, 3.05) is 0 Å². The standard InChI is InChI=1S/C15H8F3NO2/c16-10-7-5-9(6-8-10)13(20)15(17,18)14-19-11-3-1-2-4-12(11)21-14/h1-8H. The number of aromatic nitrogens is 1. The molecule has 0 atom stereocenters. The quantitative estimate of drug-likeness (QED) is 0.686.